The van der Waals surface area contributed by atoms with Gasteiger partial charge in [-0.3, -0.25) is 10.1 Å². The van der Waals surface area contributed by atoms with Crippen molar-refractivity contribution < 1.29 is 43.2 Å². The van der Waals surface area contributed by atoms with Gasteiger partial charge in [-0.25, -0.2) is 4.79 Å². The first kappa shape index (κ1) is 21.1. The summed E-state index contributed by atoms with van der Waals surface area (Å²) in [5.74, 6) is -4.98. The molecule has 3 aliphatic heterocycles. The summed E-state index contributed by atoms with van der Waals surface area (Å²) in [5.41, 5.74) is -0.161. The van der Waals surface area contributed by atoms with E-state index in [2.05, 4.69) is 0 Å². The highest BCUT2D eigenvalue weighted by molar-refractivity contribution is 5.78. The van der Waals surface area contributed by atoms with Gasteiger partial charge in [0.2, 0.25) is 11.9 Å². The van der Waals surface area contributed by atoms with Gasteiger partial charge < -0.3 is 33.5 Å². The molecule has 0 aromatic heterocycles. The number of carbonyl (C=O) groups excluding carboxylic acids is 1. The third-order valence-corrected chi connectivity index (χ3v) is 5.08. The van der Waals surface area contributed by atoms with Crippen LogP contribution in [0.25, 0.3) is 0 Å². The Morgan fingerprint density at radius 1 is 1.17 bits per heavy atom. The molecule has 0 amide bonds. The van der Waals surface area contributed by atoms with Crippen LogP contribution in [-0.4, -0.2) is 64.4 Å². The standard InChI is InChI=1S/C19H23NO10/c1-17(2)27-12-9-25-19(15(13(12)28-17)29-18(3,4)30-19)14(21)16(22)26-11-7-5-10(6-8-11)20(23)24/h5-8,12-15,21H,9H2,1-4H3/t12-,13-,14?,15+,19+/m1/s1. The monoisotopic (exact) mass is 425 g/mol. The van der Waals surface area contributed by atoms with Gasteiger partial charge in [0.05, 0.1) is 11.5 Å². The van der Waals surface area contributed by atoms with Crippen LogP contribution in [0.2, 0.25) is 0 Å². The molecule has 3 saturated heterocycles. The lowest BCUT2D eigenvalue weighted by Crippen LogP contribution is -2.65. The van der Waals surface area contributed by atoms with E-state index in [1.54, 1.807) is 27.7 Å². The quantitative estimate of drug-likeness (QED) is 0.325. The van der Waals surface area contributed by atoms with E-state index in [0.29, 0.717) is 0 Å². The van der Waals surface area contributed by atoms with Crippen molar-refractivity contribution in [1.29, 1.82) is 0 Å². The lowest BCUT2D eigenvalue weighted by Gasteiger charge is -2.42. The summed E-state index contributed by atoms with van der Waals surface area (Å²) in [6.07, 6.45) is -3.95. The molecule has 0 spiro atoms. The van der Waals surface area contributed by atoms with Crippen LogP contribution in [0.1, 0.15) is 27.7 Å². The Balaban J connectivity index is 1.57. The molecular formula is C19H23NO10. The number of non-ortho nitro benzene ring substituents is 1. The molecule has 30 heavy (non-hydrogen) atoms. The average Bonchev–Trinajstić information content (AvgIpc) is 3.13. The Morgan fingerprint density at radius 2 is 1.83 bits per heavy atom. The maximum atomic E-state index is 12.7. The van der Waals surface area contributed by atoms with E-state index < -0.39 is 52.7 Å². The second-order valence-electron chi connectivity index (χ2n) is 8.29. The summed E-state index contributed by atoms with van der Waals surface area (Å²) < 4.78 is 34.5. The third-order valence-electron chi connectivity index (χ3n) is 5.08. The number of fused-ring (bicyclic) bond motifs is 3. The molecule has 3 aliphatic rings. The molecule has 1 aromatic carbocycles. The van der Waals surface area contributed by atoms with E-state index in [1.165, 1.54) is 24.3 Å². The number of benzene rings is 1. The number of hydrogen-bond donors (Lipinski definition) is 1. The van der Waals surface area contributed by atoms with E-state index in [4.69, 9.17) is 28.4 Å². The Hall–Kier alpha value is -2.15. The van der Waals surface area contributed by atoms with Crippen LogP contribution in [0.3, 0.4) is 0 Å². The lowest BCUT2D eigenvalue weighted by atomic mass is 9.92. The highest BCUT2D eigenvalue weighted by Gasteiger charge is 2.69. The fourth-order valence-electron chi connectivity index (χ4n) is 3.99. The van der Waals surface area contributed by atoms with Crippen LogP contribution in [0.5, 0.6) is 5.75 Å². The van der Waals surface area contributed by atoms with Gasteiger partial charge in [0.15, 0.2) is 11.6 Å². The minimum atomic E-state index is -1.88. The number of aliphatic hydroxyl groups excluding tert-OH is 1. The maximum Gasteiger partial charge on any atom is 0.346 e. The van der Waals surface area contributed by atoms with Crippen molar-refractivity contribution in [2.45, 2.75) is 69.5 Å². The molecule has 3 heterocycles. The van der Waals surface area contributed by atoms with E-state index in [9.17, 15) is 20.0 Å². The SMILES string of the molecule is CC1(C)O[C@@H]2[C@@H](CO[C@@]3(C(O)C(=O)Oc4ccc([N+](=O)[O-])cc4)OC(C)(C)O[C@@H]23)O1. The van der Waals surface area contributed by atoms with Crippen molar-refractivity contribution in [3.05, 3.63) is 34.4 Å². The summed E-state index contributed by atoms with van der Waals surface area (Å²) in [7, 11) is 0. The van der Waals surface area contributed by atoms with Crippen LogP contribution in [0.15, 0.2) is 24.3 Å². The molecule has 3 fully saturated rings. The molecule has 0 saturated carbocycles. The van der Waals surface area contributed by atoms with Gasteiger partial charge in [0, 0.05) is 12.1 Å². The molecular weight excluding hydrogens is 402 g/mol. The van der Waals surface area contributed by atoms with E-state index in [0.717, 1.165) is 0 Å². The number of ether oxygens (including phenoxy) is 6. The highest BCUT2D eigenvalue weighted by atomic mass is 16.9. The summed E-state index contributed by atoms with van der Waals surface area (Å²) in [5, 5.41) is 21.6. The Morgan fingerprint density at radius 3 is 2.47 bits per heavy atom. The molecule has 1 N–H and O–H groups in total. The van der Waals surface area contributed by atoms with Gasteiger partial charge in [0.25, 0.3) is 5.69 Å². The molecule has 0 aliphatic carbocycles. The number of nitrogens with zero attached hydrogens (tertiary/aromatic N) is 1. The number of hydrogen-bond acceptors (Lipinski definition) is 10. The molecule has 11 nitrogen and oxygen atoms in total. The summed E-state index contributed by atoms with van der Waals surface area (Å²) in [6, 6.07) is 4.87. The summed E-state index contributed by atoms with van der Waals surface area (Å²) in [4.78, 5) is 22.9. The lowest BCUT2D eigenvalue weighted by molar-refractivity contribution is -0.384. The van der Waals surface area contributed by atoms with Crippen LogP contribution in [0.4, 0.5) is 5.69 Å². The molecule has 5 atom stereocenters. The highest BCUT2D eigenvalue weighted by Crippen LogP contribution is 2.49. The van der Waals surface area contributed by atoms with Gasteiger partial charge in [-0.1, -0.05) is 0 Å². The molecule has 164 valence electrons. The fourth-order valence-corrected chi connectivity index (χ4v) is 3.99. The van der Waals surface area contributed by atoms with Crippen molar-refractivity contribution in [2.24, 2.45) is 0 Å². The number of esters is 1. The molecule has 4 rings (SSSR count). The summed E-state index contributed by atoms with van der Waals surface area (Å²) >= 11 is 0. The normalized spacial score (nSPS) is 34.6. The molecule has 11 heteroatoms. The minimum absolute atomic E-state index is 0.00586. The number of carbonyl (C=O) groups is 1. The van der Waals surface area contributed by atoms with Gasteiger partial charge in [-0.2, -0.15) is 0 Å². The van der Waals surface area contributed by atoms with E-state index in [1.807, 2.05) is 0 Å². The topological polar surface area (TPSA) is 136 Å². The largest absolute Gasteiger partial charge is 0.424 e. The molecule has 0 radical (unpaired) electrons. The van der Waals surface area contributed by atoms with Gasteiger partial charge in [-0.15, -0.1) is 0 Å². The molecule has 0 bridgehead atoms. The van der Waals surface area contributed by atoms with Gasteiger partial charge in [-0.05, 0) is 39.8 Å². The number of nitro benzene ring substituents is 1. The van der Waals surface area contributed by atoms with Crippen molar-refractivity contribution in [2.75, 3.05) is 6.61 Å². The van der Waals surface area contributed by atoms with Crippen LogP contribution in [-0.2, 0) is 28.5 Å². The smallest absolute Gasteiger partial charge is 0.346 e. The number of aliphatic hydroxyl groups is 1. The second-order valence-corrected chi connectivity index (χ2v) is 8.29. The van der Waals surface area contributed by atoms with Crippen LogP contribution >= 0.6 is 0 Å². The molecule has 1 unspecified atom stereocenters. The van der Waals surface area contributed by atoms with Crippen molar-refractivity contribution in [1.82, 2.24) is 0 Å². The fraction of sp³-hybridized carbons (Fsp3) is 0.632. The molecule has 1 aromatic rings. The second kappa shape index (κ2) is 6.94. The Bertz CT molecular complexity index is 853. The maximum absolute atomic E-state index is 12.7. The average molecular weight is 425 g/mol. The number of rotatable bonds is 4. The zero-order valence-corrected chi connectivity index (χ0v) is 16.9. The predicted molar refractivity (Wildman–Crippen MR) is 97.3 cm³/mol. The van der Waals surface area contributed by atoms with Crippen LogP contribution in [0, 0.1) is 10.1 Å². The predicted octanol–water partition coefficient (Wildman–Crippen LogP) is 1.26. The Labute approximate surface area is 171 Å². The van der Waals surface area contributed by atoms with Crippen molar-refractivity contribution in [3.8, 4) is 5.75 Å². The van der Waals surface area contributed by atoms with E-state index >= 15 is 0 Å². The number of nitro groups is 1. The zero-order valence-electron chi connectivity index (χ0n) is 16.9. The first-order valence-electron chi connectivity index (χ1n) is 9.44. The summed E-state index contributed by atoms with van der Waals surface area (Å²) in [6.45, 7) is 6.74. The van der Waals surface area contributed by atoms with Gasteiger partial charge in [0.1, 0.15) is 24.1 Å². The van der Waals surface area contributed by atoms with Crippen molar-refractivity contribution >= 4 is 11.7 Å². The van der Waals surface area contributed by atoms with Crippen LogP contribution < -0.4 is 4.74 Å². The van der Waals surface area contributed by atoms with E-state index in [-0.39, 0.29) is 18.0 Å². The first-order chi connectivity index (χ1) is 13.9. The first-order valence-corrected chi connectivity index (χ1v) is 9.44. The Kier molecular flexibility index (Phi) is 4.88. The minimum Gasteiger partial charge on any atom is -0.424 e. The van der Waals surface area contributed by atoms with Gasteiger partial charge >= 0.3 is 5.97 Å². The zero-order chi connectivity index (χ0) is 21.9. The van der Waals surface area contributed by atoms with Crippen molar-refractivity contribution in [3.63, 3.8) is 0 Å². The third kappa shape index (κ3) is 3.57.